The molecule has 0 fully saturated rings. The van der Waals surface area contributed by atoms with Crippen molar-refractivity contribution in [3.63, 3.8) is 0 Å². The zero-order valence-electron chi connectivity index (χ0n) is 2.72. The van der Waals surface area contributed by atoms with Gasteiger partial charge in [-0.1, -0.05) is 0 Å². The molecule has 0 aliphatic carbocycles. The normalized spacial score (nSPS) is 23.1. The van der Waals surface area contributed by atoms with E-state index in [0.717, 1.165) is 0 Å². The van der Waals surface area contributed by atoms with Crippen LogP contribution in [-0.2, 0) is 0 Å². The molecule has 0 rings (SSSR count). The molecule has 48 valence electrons. The zero-order valence-corrected chi connectivity index (χ0v) is 9.05. The van der Waals surface area contributed by atoms with Crippen LogP contribution in [0.1, 0.15) is 0 Å². The van der Waals surface area contributed by atoms with Crippen molar-refractivity contribution in [2.75, 3.05) is 0 Å². The third-order valence-corrected chi connectivity index (χ3v) is 0. The van der Waals surface area contributed by atoms with Crippen LogP contribution in [0, 0.1) is 0 Å². The Bertz CT molecular complexity index is 66.6. The molecule has 0 aliphatic heterocycles. The molecule has 0 spiro atoms. The van der Waals surface area contributed by atoms with Crippen LogP contribution in [0.2, 0.25) is 0 Å². The third-order valence-electron chi connectivity index (χ3n) is 0. The summed E-state index contributed by atoms with van der Waals surface area (Å²) in [4.78, 5) is 0. The molecular weight excluding hydrogens is 318 g/mol. The molecule has 7 heavy (non-hydrogen) atoms. The van der Waals surface area contributed by atoms with Crippen molar-refractivity contribution in [2.24, 2.45) is 0 Å². The maximum absolute atomic E-state index is 12.1. The number of rotatable bonds is 0. The van der Waals surface area contributed by atoms with Crippen LogP contribution in [0.5, 0.6) is 0 Å². The summed E-state index contributed by atoms with van der Waals surface area (Å²) in [6.45, 7) is 0. The second kappa shape index (κ2) is 1.44. The molecule has 0 radical (unpaired) electrons. The van der Waals surface area contributed by atoms with E-state index in [4.69, 9.17) is 0 Å². The van der Waals surface area contributed by atoms with Crippen molar-refractivity contribution in [1.82, 2.24) is 0 Å². The van der Waals surface area contributed by atoms with Crippen LogP contribution in [0.4, 0.5) is 2.81 Å². The fraction of sp³-hybridized carbons (Fsp3) is 0. The molecule has 0 heterocycles. The van der Waals surface area contributed by atoms with E-state index in [9.17, 15) is 2.81 Å². The van der Waals surface area contributed by atoms with Crippen molar-refractivity contribution < 1.29 is 2.81 Å². The topological polar surface area (TPSA) is 0 Å². The summed E-state index contributed by atoms with van der Waals surface area (Å²) >= 11 is 0. The van der Waals surface area contributed by atoms with Gasteiger partial charge < -0.3 is 0 Å². The fourth-order valence-electron chi connectivity index (χ4n) is 0. The van der Waals surface area contributed by atoms with Gasteiger partial charge in [-0.3, -0.25) is 0 Å². The first-order valence-electron chi connectivity index (χ1n) is 1.01. The number of halogens is 6. The molecule has 0 unspecified atom stereocenters. The fourth-order valence-corrected chi connectivity index (χ4v) is 0. The van der Waals surface area contributed by atoms with Gasteiger partial charge in [0.05, 0.1) is 0 Å². The van der Waals surface area contributed by atoms with E-state index in [0.29, 0.717) is 0 Å². The molecule has 7 heteroatoms. The second-order valence-electron chi connectivity index (χ2n) is 0.958. The Hall–Kier alpha value is 2.20. The Labute approximate surface area is 57.1 Å². The van der Waals surface area contributed by atoms with Crippen molar-refractivity contribution in [3.8, 4) is 0 Å². The minimum atomic E-state index is -6.39. The Morgan fingerprint density at radius 2 is 0.857 bits per heavy atom. The van der Waals surface area contributed by atoms with Gasteiger partial charge >= 0.3 is 57.8 Å². The molecule has 0 aromatic rings. The van der Waals surface area contributed by atoms with E-state index in [2.05, 4.69) is 44.1 Å². The van der Waals surface area contributed by atoms with E-state index in [1.807, 2.05) is 0 Å². The Morgan fingerprint density at radius 3 is 0.857 bits per heavy atom. The van der Waals surface area contributed by atoms with Crippen LogP contribution >= 0.6 is 44.1 Å². The van der Waals surface area contributed by atoms with Crippen molar-refractivity contribution in [2.45, 2.75) is 0 Å². The quantitative estimate of drug-likeness (QED) is 0.600. The summed E-state index contributed by atoms with van der Waals surface area (Å²) in [5.41, 5.74) is 0. The molecule has 0 aromatic heterocycles. The van der Waals surface area contributed by atoms with Crippen molar-refractivity contribution in [1.29, 1.82) is 0 Å². The SMILES string of the molecule is [F][Sb-]([Cl])([Cl])([Cl])([Cl])[Cl]. The maximum atomic E-state index is 12.1. The summed E-state index contributed by atoms with van der Waals surface area (Å²) in [6.07, 6.45) is 0. The van der Waals surface area contributed by atoms with Gasteiger partial charge in [-0.05, 0) is 0 Å². The van der Waals surface area contributed by atoms with Gasteiger partial charge in [0.2, 0.25) is 0 Å². The number of hydrogen-bond donors (Lipinski definition) is 0. The van der Waals surface area contributed by atoms with Gasteiger partial charge in [0.15, 0.2) is 0 Å². The van der Waals surface area contributed by atoms with Gasteiger partial charge in [0.1, 0.15) is 0 Å². The standard InChI is InChI=1S/5ClH.FH.Sb/h6*1H;/q;;;;;;+5/p-6. The molecule has 0 saturated heterocycles. The van der Waals surface area contributed by atoms with Crippen molar-refractivity contribution in [3.05, 3.63) is 0 Å². The van der Waals surface area contributed by atoms with E-state index < -0.39 is 10.9 Å². The van der Waals surface area contributed by atoms with Gasteiger partial charge in [-0.2, -0.15) is 0 Å². The van der Waals surface area contributed by atoms with Crippen molar-refractivity contribution >= 4 is 55.0 Å². The summed E-state index contributed by atoms with van der Waals surface area (Å²) in [5.74, 6) is 0. The Morgan fingerprint density at radius 1 is 0.857 bits per heavy atom. The summed E-state index contributed by atoms with van der Waals surface area (Å²) in [5, 5.41) is 0. The molecule has 0 amide bonds. The summed E-state index contributed by atoms with van der Waals surface area (Å²) in [6, 6.07) is 0. The molecule has 0 saturated carbocycles. The first kappa shape index (κ1) is 9.20. The van der Waals surface area contributed by atoms with E-state index in [-0.39, 0.29) is 0 Å². The number of hydrogen-bond acceptors (Lipinski definition) is 0. The van der Waals surface area contributed by atoms with Crippen LogP contribution in [0.15, 0.2) is 0 Å². The van der Waals surface area contributed by atoms with Crippen LogP contribution in [0.25, 0.3) is 0 Å². The zero-order chi connectivity index (χ0) is 6.41. The van der Waals surface area contributed by atoms with E-state index >= 15 is 0 Å². The molecule has 0 aromatic carbocycles. The first-order chi connectivity index (χ1) is 2.45. The predicted molar refractivity (Wildman–Crippen MR) is 36.1 cm³/mol. The van der Waals surface area contributed by atoms with Crippen LogP contribution < -0.4 is 0 Å². The molecule has 0 atom stereocenters. The van der Waals surface area contributed by atoms with Crippen LogP contribution in [-0.4, -0.2) is 10.9 Å². The molecule has 0 aliphatic rings. The van der Waals surface area contributed by atoms with Gasteiger partial charge in [-0.25, -0.2) is 0 Å². The minimum absolute atomic E-state index is 4.63. The van der Waals surface area contributed by atoms with Gasteiger partial charge in [0, 0.05) is 0 Å². The van der Waals surface area contributed by atoms with Crippen LogP contribution in [0.3, 0.4) is 0 Å². The van der Waals surface area contributed by atoms with Gasteiger partial charge in [0.25, 0.3) is 0 Å². The average molecular weight is 318 g/mol. The predicted octanol–water partition coefficient (Wildman–Crippen LogP) is 3.49. The summed E-state index contributed by atoms with van der Waals surface area (Å²) in [7, 11) is 16.8. The monoisotopic (exact) mass is 315 g/mol. The second-order valence-corrected chi connectivity index (χ2v) is 45.0. The van der Waals surface area contributed by atoms with Gasteiger partial charge in [-0.15, -0.1) is 0 Å². The van der Waals surface area contributed by atoms with E-state index in [1.54, 1.807) is 0 Å². The first-order valence-corrected chi connectivity index (χ1v) is 18.1. The molecule has 0 bridgehead atoms. The Balaban J connectivity index is 4.43. The molecular formula is Cl5FSb-. The summed E-state index contributed by atoms with van der Waals surface area (Å²) < 4.78 is 12.1. The molecule has 0 N–H and O–H groups in total. The molecule has 0 nitrogen and oxygen atoms in total. The third kappa shape index (κ3) is 65.2. The average Bonchev–Trinajstić information content (AvgIpc) is 0.592. The Kier molecular flexibility index (Phi) is 1.89. The van der Waals surface area contributed by atoms with E-state index in [1.165, 1.54) is 0 Å².